The highest BCUT2D eigenvalue weighted by Gasteiger charge is 2.17. The number of benzene rings is 1. The SMILES string of the molecule is Cl.N#CCOCCn1c(N2CCCNCC2)nc2ccccc21. The average Bonchev–Trinajstić information content (AvgIpc) is 2.73. The lowest BCUT2D eigenvalue weighted by Gasteiger charge is -2.22. The lowest BCUT2D eigenvalue weighted by Crippen LogP contribution is -2.30. The highest BCUT2D eigenvalue weighted by molar-refractivity contribution is 5.85. The highest BCUT2D eigenvalue weighted by atomic mass is 35.5. The van der Waals surface area contributed by atoms with Gasteiger partial charge in [0.1, 0.15) is 6.61 Å². The van der Waals surface area contributed by atoms with Crippen molar-refractivity contribution >= 4 is 29.4 Å². The minimum Gasteiger partial charge on any atom is -0.365 e. The van der Waals surface area contributed by atoms with Gasteiger partial charge in [-0.05, 0) is 25.1 Å². The number of imidazole rings is 1. The predicted molar refractivity (Wildman–Crippen MR) is 93.1 cm³/mol. The van der Waals surface area contributed by atoms with Gasteiger partial charge in [0.05, 0.1) is 23.7 Å². The fourth-order valence-corrected chi connectivity index (χ4v) is 2.84. The molecule has 1 fully saturated rings. The number of nitriles is 1. The molecular formula is C16H22ClN5O. The summed E-state index contributed by atoms with van der Waals surface area (Å²) in [5.41, 5.74) is 2.13. The summed E-state index contributed by atoms with van der Waals surface area (Å²) in [7, 11) is 0. The van der Waals surface area contributed by atoms with Gasteiger partial charge >= 0.3 is 0 Å². The molecule has 124 valence electrons. The third kappa shape index (κ3) is 4.14. The molecule has 1 aliphatic rings. The van der Waals surface area contributed by atoms with Gasteiger partial charge in [-0.3, -0.25) is 0 Å². The summed E-state index contributed by atoms with van der Waals surface area (Å²) < 4.78 is 7.54. The van der Waals surface area contributed by atoms with Crippen LogP contribution in [0.15, 0.2) is 24.3 Å². The van der Waals surface area contributed by atoms with Crippen LogP contribution in [-0.2, 0) is 11.3 Å². The van der Waals surface area contributed by atoms with Gasteiger partial charge in [0.15, 0.2) is 0 Å². The molecular weight excluding hydrogens is 314 g/mol. The summed E-state index contributed by atoms with van der Waals surface area (Å²) in [6.45, 7) is 5.37. The van der Waals surface area contributed by atoms with E-state index in [4.69, 9.17) is 15.0 Å². The number of nitrogens with one attached hydrogen (secondary N) is 1. The average molecular weight is 336 g/mol. The Bertz CT molecular complexity index is 658. The van der Waals surface area contributed by atoms with Gasteiger partial charge in [0.25, 0.3) is 0 Å². The Morgan fingerprint density at radius 1 is 1.26 bits per heavy atom. The van der Waals surface area contributed by atoms with Gasteiger partial charge in [0.2, 0.25) is 5.95 Å². The Labute approximate surface area is 142 Å². The van der Waals surface area contributed by atoms with Crippen LogP contribution in [0, 0.1) is 11.3 Å². The summed E-state index contributed by atoms with van der Waals surface area (Å²) in [4.78, 5) is 7.16. The predicted octanol–water partition coefficient (Wildman–Crippen LogP) is 1.80. The minimum atomic E-state index is 0. The maximum absolute atomic E-state index is 8.58. The van der Waals surface area contributed by atoms with Crippen LogP contribution >= 0.6 is 12.4 Å². The first kappa shape index (κ1) is 17.5. The second kappa shape index (κ2) is 8.73. The van der Waals surface area contributed by atoms with Crippen LogP contribution in [0.4, 0.5) is 5.95 Å². The van der Waals surface area contributed by atoms with Crippen LogP contribution in [-0.4, -0.2) is 48.9 Å². The summed E-state index contributed by atoms with van der Waals surface area (Å²) in [5, 5.41) is 12.0. The second-order valence-electron chi connectivity index (χ2n) is 5.35. The quantitative estimate of drug-likeness (QED) is 0.844. The Kier molecular flexibility index (Phi) is 6.66. The first-order valence-electron chi connectivity index (χ1n) is 7.76. The van der Waals surface area contributed by atoms with Crippen molar-refractivity contribution in [3.05, 3.63) is 24.3 Å². The minimum absolute atomic E-state index is 0. The molecule has 1 N–H and O–H groups in total. The van der Waals surface area contributed by atoms with Crippen molar-refractivity contribution < 1.29 is 4.74 Å². The van der Waals surface area contributed by atoms with Crippen LogP contribution in [0.2, 0.25) is 0 Å². The Morgan fingerprint density at radius 3 is 3.00 bits per heavy atom. The molecule has 2 aromatic rings. The lowest BCUT2D eigenvalue weighted by molar-refractivity contribution is 0.157. The zero-order valence-corrected chi connectivity index (χ0v) is 13.9. The van der Waals surface area contributed by atoms with Crippen molar-refractivity contribution in [2.45, 2.75) is 13.0 Å². The molecule has 0 saturated carbocycles. The van der Waals surface area contributed by atoms with Crippen molar-refractivity contribution in [1.82, 2.24) is 14.9 Å². The number of aromatic nitrogens is 2. The van der Waals surface area contributed by atoms with Crippen molar-refractivity contribution in [2.75, 3.05) is 44.3 Å². The molecule has 0 bridgehead atoms. The Morgan fingerprint density at radius 2 is 2.13 bits per heavy atom. The van der Waals surface area contributed by atoms with E-state index < -0.39 is 0 Å². The number of anilines is 1. The third-order valence-corrected chi connectivity index (χ3v) is 3.88. The number of nitrogens with zero attached hydrogens (tertiary/aromatic N) is 4. The molecule has 0 radical (unpaired) electrons. The Hall–Kier alpha value is -1.81. The van der Waals surface area contributed by atoms with E-state index in [0.29, 0.717) is 13.2 Å². The molecule has 6 nitrogen and oxygen atoms in total. The summed E-state index contributed by atoms with van der Waals surface area (Å²) in [5.74, 6) is 1.01. The number of hydrogen-bond acceptors (Lipinski definition) is 5. The molecule has 3 rings (SSSR count). The molecule has 0 unspecified atom stereocenters. The number of fused-ring (bicyclic) bond motifs is 1. The molecule has 1 aromatic heterocycles. The van der Waals surface area contributed by atoms with E-state index >= 15 is 0 Å². The van der Waals surface area contributed by atoms with E-state index in [-0.39, 0.29) is 19.0 Å². The summed E-state index contributed by atoms with van der Waals surface area (Å²) in [6.07, 6.45) is 1.12. The van der Waals surface area contributed by atoms with Gasteiger partial charge < -0.3 is 19.5 Å². The highest BCUT2D eigenvalue weighted by Crippen LogP contribution is 2.23. The van der Waals surface area contributed by atoms with Crippen molar-refractivity contribution in [3.8, 4) is 6.07 Å². The molecule has 0 aliphatic carbocycles. The van der Waals surface area contributed by atoms with E-state index in [2.05, 4.69) is 20.9 Å². The summed E-state index contributed by atoms with van der Waals surface area (Å²) >= 11 is 0. The molecule has 1 aromatic carbocycles. The number of halogens is 1. The maximum Gasteiger partial charge on any atom is 0.206 e. The second-order valence-corrected chi connectivity index (χ2v) is 5.35. The molecule has 7 heteroatoms. The van der Waals surface area contributed by atoms with Gasteiger partial charge in [-0.2, -0.15) is 5.26 Å². The van der Waals surface area contributed by atoms with Crippen molar-refractivity contribution in [1.29, 1.82) is 5.26 Å². The molecule has 0 spiro atoms. The number of hydrogen-bond donors (Lipinski definition) is 1. The fraction of sp³-hybridized carbons (Fsp3) is 0.500. The zero-order chi connectivity index (χ0) is 15.2. The van der Waals surface area contributed by atoms with Crippen LogP contribution in [0.5, 0.6) is 0 Å². The molecule has 2 heterocycles. The standard InChI is InChI=1S/C16H21N5O.ClH/c17-6-12-22-13-11-21-15-5-2-1-4-14(15)19-16(21)20-9-3-7-18-8-10-20;/h1-2,4-5,18H,3,7-13H2;1H. The maximum atomic E-state index is 8.58. The lowest BCUT2D eigenvalue weighted by atomic mass is 10.3. The van der Waals surface area contributed by atoms with Gasteiger partial charge in [0, 0.05) is 26.2 Å². The van der Waals surface area contributed by atoms with E-state index in [1.807, 2.05) is 24.3 Å². The smallest absolute Gasteiger partial charge is 0.206 e. The van der Waals surface area contributed by atoms with Gasteiger partial charge in [-0.15, -0.1) is 12.4 Å². The van der Waals surface area contributed by atoms with Crippen LogP contribution < -0.4 is 10.2 Å². The number of para-hydroxylation sites is 2. The van der Waals surface area contributed by atoms with Crippen LogP contribution in [0.3, 0.4) is 0 Å². The first-order valence-corrected chi connectivity index (χ1v) is 7.76. The van der Waals surface area contributed by atoms with Crippen LogP contribution in [0.1, 0.15) is 6.42 Å². The number of rotatable bonds is 5. The monoisotopic (exact) mass is 335 g/mol. The molecule has 0 atom stereocenters. The van der Waals surface area contributed by atoms with Gasteiger partial charge in [-0.25, -0.2) is 4.98 Å². The fourth-order valence-electron chi connectivity index (χ4n) is 2.84. The van der Waals surface area contributed by atoms with E-state index in [9.17, 15) is 0 Å². The van der Waals surface area contributed by atoms with Crippen molar-refractivity contribution in [3.63, 3.8) is 0 Å². The molecule has 23 heavy (non-hydrogen) atoms. The number of ether oxygens (including phenoxy) is 1. The normalized spacial score (nSPS) is 15.0. The molecule has 1 aliphatic heterocycles. The molecule has 1 saturated heterocycles. The molecule has 0 amide bonds. The van der Waals surface area contributed by atoms with E-state index in [1.165, 1.54) is 0 Å². The van der Waals surface area contributed by atoms with Crippen molar-refractivity contribution in [2.24, 2.45) is 0 Å². The van der Waals surface area contributed by atoms with Gasteiger partial charge in [-0.1, -0.05) is 12.1 Å². The summed E-state index contributed by atoms with van der Waals surface area (Å²) in [6, 6.07) is 10.2. The third-order valence-electron chi connectivity index (χ3n) is 3.88. The van der Waals surface area contributed by atoms with Crippen LogP contribution in [0.25, 0.3) is 11.0 Å². The zero-order valence-electron chi connectivity index (χ0n) is 13.1. The Balaban J connectivity index is 0.00000192. The van der Waals surface area contributed by atoms with E-state index in [1.54, 1.807) is 0 Å². The topological polar surface area (TPSA) is 66.1 Å². The largest absolute Gasteiger partial charge is 0.365 e. The van der Waals surface area contributed by atoms with E-state index in [0.717, 1.165) is 49.6 Å². The first-order chi connectivity index (χ1) is 10.9.